The maximum absolute atomic E-state index is 9.56. The fourth-order valence-electron chi connectivity index (χ4n) is 4.41. The summed E-state index contributed by atoms with van der Waals surface area (Å²) in [5, 5.41) is 13.1. The summed E-state index contributed by atoms with van der Waals surface area (Å²) in [6.45, 7) is 7.49. The maximum atomic E-state index is 9.56. The Morgan fingerprint density at radius 3 is 2.68 bits per heavy atom. The molecular weight excluding hydrogens is 236 g/mol. The molecule has 0 aromatic heterocycles. The summed E-state index contributed by atoms with van der Waals surface area (Å²) < 4.78 is 0. The molecule has 2 N–H and O–H groups in total. The van der Waals surface area contributed by atoms with E-state index in [1.54, 1.807) is 0 Å². The zero-order valence-electron chi connectivity index (χ0n) is 13.0. The maximum Gasteiger partial charge on any atom is 0.0586 e. The van der Waals surface area contributed by atoms with Gasteiger partial charge < -0.3 is 10.4 Å². The first-order valence-electron chi connectivity index (χ1n) is 8.10. The molecule has 1 saturated carbocycles. The van der Waals surface area contributed by atoms with Crippen LogP contribution in [0.15, 0.2) is 0 Å². The van der Waals surface area contributed by atoms with Crippen LogP contribution in [0.1, 0.15) is 52.4 Å². The summed E-state index contributed by atoms with van der Waals surface area (Å²) in [6, 6.07) is 1.03. The lowest BCUT2D eigenvalue weighted by Gasteiger charge is -2.47. The second kappa shape index (κ2) is 6.55. The Morgan fingerprint density at radius 2 is 2.00 bits per heavy atom. The predicted octanol–water partition coefficient (Wildman–Crippen LogP) is 2.25. The Morgan fingerprint density at radius 1 is 1.21 bits per heavy atom. The van der Waals surface area contributed by atoms with Gasteiger partial charge in [0.05, 0.1) is 6.61 Å². The number of aliphatic hydroxyl groups excluding tert-OH is 1. The highest BCUT2D eigenvalue weighted by Crippen LogP contribution is 2.39. The molecule has 1 heterocycles. The van der Waals surface area contributed by atoms with E-state index in [1.807, 2.05) is 0 Å². The minimum Gasteiger partial charge on any atom is -0.395 e. The highest BCUT2D eigenvalue weighted by molar-refractivity contribution is 4.94. The molecule has 19 heavy (non-hydrogen) atoms. The van der Waals surface area contributed by atoms with Crippen LogP contribution in [0.3, 0.4) is 0 Å². The Kier molecular flexibility index (Phi) is 5.27. The van der Waals surface area contributed by atoms with Crippen molar-refractivity contribution in [2.24, 2.45) is 11.3 Å². The average molecular weight is 268 g/mol. The molecular formula is C16H32N2O. The monoisotopic (exact) mass is 268 g/mol. The predicted molar refractivity (Wildman–Crippen MR) is 80.3 cm³/mol. The minimum absolute atomic E-state index is 0.334. The van der Waals surface area contributed by atoms with Crippen molar-refractivity contribution in [3.63, 3.8) is 0 Å². The number of hydrogen-bond acceptors (Lipinski definition) is 3. The number of likely N-dealkylation sites (tertiary alicyclic amines) is 1. The van der Waals surface area contributed by atoms with Gasteiger partial charge in [-0.2, -0.15) is 0 Å². The molecule has 1 aliphatic carbocycles. The molecule has 0 aromatic rings. The number of hydrogen-bond donors (Lipinski definition) is 2. The molecule has 2 fully saturated rings. The van der Waals surface area contributed by atoms with Crippen molar-refractivity contribution in [3.8, 4) is 0 Å². The molecule has 1 saturated heterocycles. The van der Waals surface area contributed by atoms with E-state index >= 15 is 0 Å². The highest BCUT2D eigenvalue weighted by Gasteiger charge is 2.39. The molecule has 2 rings (SSSR count). The lowest BCUT2D eigenvalue weighted by Crippen LogP contribution is -2.54. The van der Waals surface area contributed by atoms with Gasteiger partial charge in [0.25, 0.3) is 0 Å². The molecule has 3 atom stereocenters. The third-order valence-electron chi connectivity index (χ3n) is 5.45. The number of rotatable bonds is 4. The summed E-state index contributed by atoms with van der Waals surface area (Å²) in [7, 11) is 2.12. The van der Waals surface area contributed by atoms with E-state index in [9.17, 15) is 5.11 Å². The first-order chi connectivity index (χ1) is 9.08. The van der Waals surface area contributed by atoms with E-state index in [0.29, 0.717) is 24.1 Å². The van der Waals surface area contributed by atoms with E-state index in [4.69, 9.17) is 0 Å². The summed E-state index contributed by atoms with van der Waals surface area (Å²) in [5.74, 6) is 0.737. The van der Waals surface area contributed by atoms with Gasteiger partial charge >= 0.3 is 0 Å². The summed E-state index contributed by atoms with van der Waals surface area (Å²) in [6.07, 6.45) is 7.79. The van der Waals surface area contributed by atoms with Crippen molar-refractivity contribution >= 4 is 0 Å². The number of nitrogens with zero attached hydrogens (tertiary/aromatic N) is 1. The molecule has 0 aromatic carbocycles. The largest absolute Gasteiger partial charge is 0.395 e. The van der Waals surface area contributed by atoms with Gasteiger partial charge in [-0.1, -0.05) is 26.7 Å². The molecule has 0 spiro atoms. The van der Waals surface area contributed by atoms with Crippen LogP contribution in [0.4, 0.5) is 0 Å². The van der Waals surface area contributed by atoms with Gasteiger partial charge in [-0.3, -0.25) is 4.90 Å². The first kappa shape index (κ1) is 15.3. The quantitative estimate of drug-likeness (QED) is 0.821. The second-order valence-corrected chi connectivity index (χ2v) is 7.23. The molecule has 0 bridgehead atoms. The molecule has 112 valence electrons. The molecule has 0 amide bonds. The summed E-state index contributed by atoms with van der Waals surface area (Å²) in [4.78, 5) is 2.56. The number of piperidine rings is 1. The van der Waals surface area contributed by atoms with Gasteiger partial charge in [-0.15, -0.1) is 0 Å². The van der Waals surface area contributed by atoms with Crippen LogP contribution in [-0.4, -0.2) is 48.8 Å². The lowest BCUT2D eigenvalue weighted by atomic mass is 9.67. The molecule has 3 nitrogen and oxygen atoms in total. The fourth-order valence-corrected chi connectivity index (χ4v) is 4.41. The molecule has 2 aliphatic rings. The average Bonchev–Trinajstić information content (AvgIpc) is 2.38. The van der Waals surface area contributed by atoms with E-state index < -0.39 is 0 Å². The SMILES string of the molecule is CNC1C(CN2CCCCC2CO)CCCC1(C)C. The van der Waals surface area contributed by atoms with Gasteiger partial charge in [0.2, 0.25) is 0 Å². The Bertz CT molecular complexity index is 280. The molecule has 0 radical (unpaired) electrons. The smallest absolute Gasteiger partial charge is 0.0586 e. The van der Waals surface area contributed by atoms with E-state index in [0.717, 1.165) is 5.92 Å². The topological polar surface area (TPSA) is 35.5 Å². The van der Waals surface area contributed by atoms with E-state index in [2.05, 4.69) is 31.1 Å². The summed E-state index contributed by atoms with van der Waals surface area (Å²) >= 11 is 0. The van der Waals surface area contributed by atoms with Crippen molar-refractivity contribution in [1.29, 1.82) is 0 Å². The molecule has 1 aliphatic heterocycles. The van der Waals surface area contributed by atoms with E-state index in [-0.39, 0.29) is 0 Å². The van der Waals surface area contributed by atoms with Crippen molar-refractivity contribution in [3.05, 3.63) is 0 Å². The van der Waals surface area contributed by atoms with Crippen molar-refractivity contribution < 1.29 is 5.11 Å². The van der Waals surface area contributed by atoms with Crippen molar-refractivity contribution in [2.45, 2.75) is 64.5 Å². The standard InChI is InChI=1S/C16H32N2O/c1-16(2)9-6-7-13(15(16)17-3)11-18-10-5-4-8-14(18)12-19/h13-15,17,19H,4-12H2,1-3H3. The van der Waals surface area contributed by atoms with Crippen LogP contribution in [-0.2, 0) is 0 Å². The molecule has 3 heteroatoms. The second-order valence-electron chi connectivity index (χ2n) is 7.23. The van der Waals surface area contributed by atoms with Gasteiger partial charge in [0.1, 0.15) is 0 Å². The third-order valence-corrected chi connectivity index (χ3v) is 5.45. The first-order valence-corrected chi connectivity index (χ1v) is 8.10. The van der Waals surface area contributed by atoms with Crippen molar-refractivity contribution in [2.75, 3.05) is 26.7 Å². The van der Waals surface area contributed by atoms with Gasteiger partial charge in [0, 0.05) is 18.6 Å². The fraction of sp³-hybridized carbons (Fsp3) is 1.00. The minimum atomic E-state index is 0.334. The molecule has 3 unspecified atom stereocenters. The van der Waals surface area contributed by atoms with Gasteiger partial charge in [0.15, 0.2) is 0 Å². The Hall–Kier alpha value is -0.120. The van der Waals surface area contributed by atoms with Gasteiger partial charge in [-0.25, -0.2) is 0 Å². The lowest BCUT2D eigenvalue weighted by molar-refractivity contribution is 0.0365. The van der Waals surface area contributed by atoms with Crippen LogP contribution >= 0.6 is 0 Å². The van der Waals surface area contributed by atoms with Crippen LogP contribution in [0.2, 0.25) is 0 Å². The number of aliphatic hydroxyl groups is 1. The van der Waals surface area contributed by atoms with Crippen LogP contribution in [0, 0.1) is 11.3 Å². The highest BCUT2D eigenvalue weighted by atomic mass is 16.3. The van der Waals surface area contributed by atoms with E-state index in [1.165, 1.54) is 51.6 Å². The zero-order valence-corrected chi connectivity index (χ0v) is 13.0. The van der Waals surface area contributed by atoms with Crippen LogP contribution < -0.4 is 5.32 Å². The third kappa shape index (κ3) is 3.50. The Balaban J connectivity index is 1.99. The zero-order chi connectivity index (χ0) is 13.9. The van der Waals surface area contributed by atoms with Gasteiger partial charge in [-0.05, 0) is 50.6 Å². The van der Waals surface area contributed by atoms with Crippen molar-refractivity contribution in [1.82, 2.24) is 10.2 Å². The Labute approximate surface area is 118 Å². The number of nitrogens with one attached hydrogen (secondary N) is 1. The van der Waals surface area contributed by atoms with Crippen LogP contribution in [0.5, 0.6) is 0 Å². The summed E-state index contributed by atoms with van der Waals surface area (Å²) in [5.41, 5.74) is 0.405. The normalized spacial score (nSPS) is 36.3. The van der Waals surface area contributed by atoms with Crippen LogP contribution in [0.25, 0.3) is 0 Å².